The summed E-state index contributed by atoms with van der Waals surface area (Å²) in [6.45, 7) is 6.96. The van der Waals surface area contributed by atoms with Crippen LogP contribution >= 0.6 is 0 Å². The monoisotopic (exact) mass is 616 g/mol. The van der Waals surface area contributed by atoms with E-state index in [0.717, 1.165) is 6.42 Å². The van der Waals surface area contributed by atoms with E-state index in [1.807, 2.05) is 13.8 Å². The van der Waals surface area contributed by atoms with Crippen molar-refractivity contribution < 1.29 is 36.6 Å². The zero-order valence-electron chi connectivity index (χ0n) is 24.6. The Morgan fingerprint density at radius 1 is 0.977 bits per heavy atom. The second-order valence-electron chi connectivity index (χ2n) is 10.8. The van der Waals surface area contributed by atoms with Gasteiger partial charge in [0.1, 0.15) is 11.4 Å². The second-order valence-corrected chi connectivity index (χ2v) is 10.8. The highest BCUT2D eigenvalue weighted by molar-refractivity contribution is 5.97. The molecule has 1 amide bonds. The first-order valence-electron chi connectivity index (χ1n) is 14.2. The molecular formula is C28H39ClN9O5-. The number of unbranched alkanes of at least 4 members (excludes halogenated alkanes) is 1. The maximum atomic E-state index is 13.5. The van der Waals surface area contributed by atoms with Crippen molar-refractivity contribution in [2.24, 2.45) is 11.7 Å². The second kappa shape index (κ2) is 15.5. The largest absolute Gasteiger partial charge is 1.00 e. The van der Waals surface area contributed by atoms with Crippen LogP contribution in [0.3, 0.4) is 0 Å². The van der Waals surface area contributed by atoms with Crippen LogP contribution in [0, 0.1) is 5.92 Å². The van der Waals surface area contributed by atoms with Crippen LogP contribution < -0.4 is 23.5 Å². The third-order valence-electron chi connectivity index (χ3n) is 7.22. The van der Waals surface area contributed by atoms with Crippen molar-refractivity contribution in [2.75, 3.05) is 39.8 Å². The highest BCUT2D eigenvalue weighted by atomic mass is 35.5. The molecule has 0 spiro atoms. The lowest BCUT2D eigenvalue weighted by atomic mass is 10.0. The van der Waals surface area contributed by atoms with Gasteiger partial charge in [0.15, 0.2) is 12.1 Å². The van der Waals surface area contributed by atoms with Gasteiger partial charge < -0.3 is 38.2 Å². The van der Waals surface area contributed by atoms with Gasteiger partial charge in [0, 0.05) is 42.9 Å². The molecule has 3 aromatic rings. The number of methoxy groups -OCH3 is 1. The van der Waals surface area contributed by atoms with Crippen molar-refractivity contribution in [3.05, 3.63) is 36.2 Å². The summed E-state index contributed by atoms with van der Waals surface area (Å²) in [6, 6.07) is 3.74. The predicted molar refractivity (Wildman–Crippen MR) is 153 cm³/mol. The van der Waals surface area contributed by atoms with Crippen LogP contribution in [0.1, 0.15) is 62.0 Å². The smallest absolute Gasteiger partial charge is 0.330 e. The van der Waals surface area contributed by atoms with Crippen molar-refractivity contribution in [3.63, 3.8) is 0 Å². The van der Waals surface area contributed by atoms with Crippen molar-refractivity contribution in [1.82, 2.24) is 40.2 Å². The minimum atomic E-state index is -0.994. The fourth-order valence-corrected chi connectivity index (χ4v) is 4.96. The number of hydrogen-bond acceptors (Lipinski definition) is 10. The van der Waals surface area contributed by atoms with Crippen LogP contribution in [0.2, 0.25) is 0 Å². The van der Waals surface area contributed by atoms with E-state index >= 15 is 0 Å². The summed E-state index contributed by atoms with van der Waals surface area (Å²) in [5.74, 6) is -1.43. The number of carboxylic acid groups (broad SMARTS) is 1. The molecule has 1 aliphatic heterocycles. The van der Waals surface area contributed by atoms with Gasteiger partial charge in [0.2, 0.25) is 0 Å². The molecule has 15 heteroatoms. The number of carbonyl (C=O) groups excluding carboxylic acids is 2. The van der Waals surface area contributed by atoms with Crippen molar-refractivity contribution in [1.29, 1.82) is 0 Å². The number of nitrogens with one attached hydrogen (secondary N) is 1. The number of aliphatic carboxylic acids is 1. The summed E-state index contributed by atoms with van der Waals surface area (Å²) in [5.41, 5.74) is 8.09. The number of aromatic nitrogens is 6. The van der Waals surface area contributed by atoms with Gasteiger partial charge >= 0.3 is 11.9 Å². The molecule has 14 nitrogen and oxygen atoms in total. The first kappa shape index (κ1) is 33.6. The molecule has 0 radical (unpaired) electrons. The number of hydrogen-bond donors (Lipinski definition) is 3. The fraction of sp³-hybridized carbons (Fsp3) is 0.536. The summed E-state index contributed by atoms with van der Waals surface area (Å²) < 4.78 is 7.82. The normalized spacial score (nSPS) is 14.7. The molecule has 4 N–H and O–H groups in total. The van der Waals surface area contributed by atoms with E-state index in [-0.39, 0.29) is 24.2 Å². The van der Waals surface area contributed by atoms with E-state index in [9.17, 15) is 19.5 Å². The van der Waals surface area contributed by atoms with Gasteiger partial charge in [0.25, 0.3) is 5.91 Å². The van der Waals surface area contributed by atoms with Gasteiger partial charge in [-0.25, -0.2) is 19.0 Å². The first-order chi connectivity index (χ1) is 20.2. The third-order valence-corrected chi connectivity index (χ3v) is 7.22. The van der Waals surface area contributed by atoms with Crippen LogP contribution in [-0.2, 0) is 14.3 Å². The van der Waals surface area contributed by atoms with Crippen molar-refractivity contribution >= 4 is 17.8 Å². The zero-order valence-corrected chi connectivity index (χ0v) is 25.4. The number of rotatable bonds is 13. The van der Waals surface area contributed by atoms with Gasteiger partial charge in [-0.2, -0.15) is 0 Å². The highest BCUT2D eigenvalue weighted by Gasteiger charge is 2.26. The van der Waals surface area contributed by atoms with Crippen molar-refractivity contribution in [3.8, 4) is 22.5 Å². The summed E-state index contributed by atoms with van der Waals surface area (Å²) in [6.07, 6.45) is 5.59. The number of nitrogens with zero attached hydrogens (tertiary/aromatic N) is 7. The number of amides is 1. The Morgan fingerprint density at radius 2 is 1.56 bits per heavy atom. The number of ether oxygens (including phenoxy) is 1. The molecule has 4 rings (SSSR count). The number of benzene rings is 1. The Balaban J connectivity index is 0.00000506. The maximum Gasteiger partial charge on any atom is 0.330 e. The Labute approximate surface area is 256 Å². The summed E-state index contributed by atoms with van der Waals surface area (Å²) in [5, 5.41) is 29.9. The molecule has 43 heavy (non-hydrogen) atoms. The Kier molecular flexibility index (Phi) is 12.2. The molecule has 0 saturated carbocycles. The quantitative estimate of drug-likeness (QED) is 0.154. The molecule has 2 aromatic heterocycles. The number of carbonyl (C=O) groups is 3. The van der Waals surface area contributed by atoms with E-state index in [4.69, 9.17) is 10.5 Å². The minimum absolute atomic E-state index is 0. The lowest BCUT2D eigenvalue weighted by Gasteiger charge is -2.27. The van der Waals surface area contributed by atoms with E-state index in [0.29, 0.717) is 80.1 Å². The molecule has 1 aromatic carbocycles. The van der Waals surface area contributed by atoms with Crippen LogP contribution in [0.25, 0.3) is 22.5 Å². The first-order valence-corrected chi connectivity index (χ1v) is 14.2. The number of nitrogens with two attached hydrogens (primary N) is 1. The molecule has 3 heterocycles. The van der Waals surface area contributed by atoms with Gasteiger partial charge in [-0.15, -0.1) is 10.2 Å². The Bertz CT molecular complexity index is 1390. The minimum Gasteiger partial charge on any atom is -1.00 e. The number of carboxylic acids is 1. The average molecular weight is 617 g/mol. The van der Waals surface area contributed by atoms with Crippen LogP contribution in [0.15, 0.2) is 30.6 Å². The Morgan fingerprint density at radius 3 is 2.07 bits per heavy atom. The molecule has 2 atom stereocenters. The van der Waals surface area contributed by atoms with Crippen LogP contribution in [-0.4, -0.2) is 97.7 Å². The summed E-state index contributed by atoms with van der Waals surface area (Å²) in [4.78, 5) is 39.8. The lowest BCUT2D eigenvalue weighted by molar-refractivity contribution is -0.145. The van der Waals surface area contributed by atoms with E-state index in [2.05, 4.69) is 25.9 Å². The van der Waals surface area contributed by atoms with Gasteiger partial charge in [-0.3, -0.25) is 4.79 Å². The van der Waals surface area contributed by atoms with E-state index in [1.165, 1.54) is 16.5 Å². The molecule has 0 bridgehead atoms. The van der Waals surface area contributed by atoms with Gasteiger partial charge in [0.05, 0.1) is 19.5 Å². The third kappa shape index (κ3) is 8.36. The average Bonchev–Trinajstić information content (AvgIpc) is 3.68. The van der Waals surface area contributed by atoms with Crippen molar-refractivity contribution in [2.45, 2.75) is 51.6 Å². The Hall–Kier alpha value is -3.88. The number of esters is 1. The van der Waals surface area contributed by atoms with E-state index in [1.54, 1.807) is 35.5 Å². The van der Waals surface area contributed by atoms with E-state index < -0.39 is 24.0 Å². The lowest BCUT2D eigenvalue weighted by Crippen LogP contribution is -3.00. The molecule has 0 aliphatic carbocycles. The van der Waals surface area contributed by atoms with Gasteiger partial charge in [-0.1, -0.05) is 24.3 Å². The predicted octanol–water partition coefficient (Wildman–Crippen LogP) is -1.23. The standard InChI is InChI=1S/C28H39N9O5.ClH/c1-18(2)12-25(27(39)40)37-17-23(32-34-37)20-13-19(14-21(15-20)26(38)35-10-8-30-9-11-35)22-16-36(33-31-22)24(28(41)42-3)6-4-5-7-29;/h13-18,24-25,30H,4-12,29H2,1-3H3,(H,39,40);1H/p-1/t24-,25-;/m0./s1. The molecule has 1 saturated heterocycles. The summed E-state index contributed by atoms with van der Waals surface area (Å²) in [7, 11) is 1.33. The van der Waals surface area contributed by atoms with Crippen LogP contribution in [0.5, 0.6) is 0 Å². The maximum absolute atomic E-state index is 13.5. The molecule has 1 aliphatic rings. The molecule has 1 fully saturated rings. The number of piperazine rings is 1. The number of halogens is 1. The highest BCUT2D eigenvalue weighted by Crippen LogP contribution is 2.29. The summed E-state index contributed by atoms with van der Waals surface area (Å²) >= 11 is 0. The van der Waals surface area contributed by atoms with Gasteiger partial charge in [-0.05, 0) is 56.3 Å². The topological polar surface area (TPSA) is 183 Å². The van der Waals surface area contributed by atoms with Crippen LogP contribution in [0.4, 0.5) is 0 Å². The SMILES string of the molecule is COC(=O)[C@H](CCCCN)n1cc(-c2cc(C(=O)N3CCNCC3)cc(-c3cn([C@@H](CC(C)C)C(=O)O)nn3)c2)nn1.[Cl-]. The zero-order chi connectivity index (χ0) is 30.2. The molecular weight excluding hydrogens is 578 g/mol. The fourth-order valence-electron chi connectivity index (χ4n) is 4.96. The molecule has 234 valence electrons. The molecule has 0 unspecified atom stereocenters.